The minimum absolute atomic E-state index is 0.160. The molecule has 214 valence electrons. The lowest BCUT2D eigenvalue weighted by molar-refractivity contribution is -0.145. The summed E-state index contributed by atoms with van der Waals surface area (Å²) >= 11 is 0. The largest absolute Gasteiger partial charge is 0.497 e. The van der Waals surface area contributed by atoms with Crippen LogP contribution in [0.25, 0.3) is 5.57 Å². The molecular formula is C36H35NO5. The lowest BCUT2D eigenvalue weighted by Crippen LogP contribution is -2.47. The Hall–Kier alpha value is -4.84. The number of carbonyl (C=O) groups excluding carboxylic acids is 2. The molecule has 2 atom stereocenters. The third-order valence-electron chi connectivity index (χ3n) is 7.51. The second-order valence-electron chi connectivity index (χ2n) is 10.2. The number of carbonyl (C=O) groups is 2. The van der Waals surface area contributed by atoms with Crippen molar-refractivity contribution in [2.45, 2.75) is 32.5 Å². The Labute approximate surface area is 247 Å². The van der Waals surface area contributed by atoms with Gasteiger partial charge in [-0.25, -0.2) is 9.59 Å². The summed E-state index contributed by atoms with van der Waals surface area (Å²) in [5.74, 6) is -0.487. The molecule has 42 heavy (non-hydrogen) atoms. The summed E-state index contributed by atoms with van der Waals surface area (Å²) in [6, 6.07) is 34.6. The normalized spacial score (nSPS) is 17.2. The molecule has 0 radical (unpaired) electrons. The number of hydrogen-bond acceptors (Lipinski definition) is 6. The predicted octanol–water partition coefficient (Wildman–Crippen LogP) is 6.63. The van der Waals surface area contributed by atoms with Gasteiger partial charge in [-0.2, -0.15) is 0 Å². The van der Waals surface area contributed by atoms with Crippen LogP contribution in [0.15, 0.2) is 115 Å². The van der Waals surface area contributed by atoms with Crippen LogP contribution in [0.4, 0.5) is 5.69 Å². The average Bonchev–Trinajstić information content (AvgIpc) is 3.16. The van der Waals surface area contributed by atoms with Crippen molar-refractivity contribution in [2.75, 3.05) is 18.6 Å². The number of methoxy groups -OCH3 is 1. The van der Waals surface area contributed by atoms with E-state index in [1.165, 1.54) is 0 Å². The lowest BCUT2D eigenvalue weighted by atomic mass is 9.81. The van der Waals surface area contributed by atoms with E-state index in [0.717, 1.165) is 39.3 Å². The van der Waals surface area contributed by atoms with Crippen LogP contribution in [-0.4, -0.2) is 31.7 Å². The Kier molecular flexibility index (Phi) is 9.34. The molecule has 5 rings (SSSR count). The maximum Gasteiger partial charge on any atom is 0.331 e. The van der Waals surface area contributed by atoms with E-state index in [1.807, 2.05) is 116 Å². The summed E-state index contributed by atoms with van der Waals surface area (Å²) in [5.41, 5.74) is 5.48. The van der Waals surface area contributed by atoms with Crippen LogP contribution < -0.4 is 9.64 Å². The fourth-order valence-electron chi connectivity index (χ4n) is 5.53. The van der Waals surface area contributed by atoms with Crippen LogP contribution in [0.5, 0.6) is 5.75 Å². The summed E-state index contributed by atoms with van der Waals surface area (Å²) in [5, 5.41) is 0. The summed E-state index contributed by atoms with van der Waals surface area (Å²) < 4.78 is 16.8. The van der Waals surface area contributed by atoms with E-state index in [9.17, 15) is 9.59 Å². The van der Waals surface area contributed by atoms with Crippen molar-refractivity contribution in [1.82, 2.24) is 0 Å². The molecule has 1 aliphatic heterocycles. The van der Waals surface area contributed by atoms with Gasteiger partial charge in [0.25, 0.3) is 0 Å². The topological polar surface area (TPSA) is 65.1 Å². The van der Waals surface area contributed by atoms with Gasteiger partial charge in [-0.05, 0) is 65.4 Å². The van der Waals surface area contributed by atoms with Crippen LogP contribution in [0, 0.1) is 5.92 Å². The van der Waals surface area contributed by atoms with Gasteiger partial charge in [0.1, 0.15) is 18.4 Å². The molecule has 4 aromatic rings. The Morgan fingerprint density at radius 1 is 0.810 bits per heavy atom. The molecule has 0 saturated carbocycles. The van der Waals surface area contributed by atoms with Gasteiger partial charge in [-0.15, -0.1) is 0 Å². The van der Waals surface area contributed by atoms with Crippen molar-refractivity contribution in [3.8, 4) is 5.75 Å². The number of nitrogens with zero attached hydrogens (tertiary/aromatic N) is 1. The quantitative estimate of drug-likeness (QED) is 0.169. The number of benzene rings is 4. The summed E-state index contributed by atoms with van der Waals surface area (Å²) in [7, 11) is 1.63. The second-order valence-corrected chi connectivity index (χ2v) is 10.2. The zero-order chi connectivity index (χ0) is 29.3. The zero-order valence-corrected chi connectivity index (χ0v) is 23.9. The number of ether oxygens (including phenoxy) is 3. The van der Waals surface area contributed by atoms with Gasteiger partial charge in [-0.3, -0.25) is 0 Å². The Morgan fingerprint density at radius 3 is 2.12 bits per heavy atom. The lowest BCUT2D eigenvalue weighted by Gasteiger charge is -2.35. The molecule has 1 heterocycles. The van der Waals surface area contributed by atoms with Gasteiger partial charge in [0, 0.05) is 24.2 Å². The fourth-order valence-corrected chi connectivity index (χ4v) is 5.53. The van der Waals surface area contributed by atoms with Crippen LogP contribution in [0.2, 0.25) is 0 Å². The summed E-state index contributed by atoms with van der Waals surface area (Å²) in [4.78, 5) is 29.4. The molecule has 0 N–H and O–H groups in total. The molecule has 0 saturated heterocycles. The van der Waals surface area contributed by atoms with Gasteiger partial charge in [-0.1, -0.05) is 84.9 Å². The van der Waals surface area contributed by atoms with Gasteiger partial charge in [0.15, 0.2) is 0 Å². The highest BCUT2D eigenvalue weighted by Gasteiger charge is 2.41. The number of hydrogen-bond donors (Lipinski definition) is 0. The third-order valence-corrected chi connectivity index (χ3v) is 7.51. The van der Waals surface area contributed by atoms with Gasteiger partial charge in [0.2, 0.25) is 0 Å². The molecule has 1 aliphatic rings. The van der Waals surface area contributed by atoms with Crippen molar-refractivity contribution in [1.29, 1.82) is 0 Å². The van der Waals surface area contributed by atoms with Gasteiger partial charge in [0.05, 0.1) is 13.7 Å². The smallest absolute Gasteiger partial charge is 0.331 e. The first-order valence-electron chi connectivity index (χ1n) is 14.2. The standard InChI is InChI=1S/C36H35NO5/c1-3-41-36(39)35-33(22-26-12-6-4-7-13-26)32(23-34(38)42-25-27-14-8-5-9-15-27)31-17-11-10-16-28(31)24-37(35)29-18-20-30(40-2)21-19-29/h4-21,23,33,35H,3,22,24-25H2,1-2H3/b32-23+/t33-,35+/m1/s1. The molecule has 0 aromatic heterocycles. The van der Waals surface area contributed by atoms with E-state index >= 15 is 0 Å². The SMILES string of the molecule is CCOC(=O)[C@@H]1[C@H](Cc2ccccc2)/C(=C/C(=O)OCc2ccccc2)c2ccccc2CN1c1ccc(OC)cc1. The highest BCUT2D eigenvalue weighted by Crippen LogP contribution is 2.40. The van der Waals surface area contributed by atoms with E-state index in [-0.39, 0.29) is 19.2 Å². The van der Waals surface area contributed by atoms with Crippen molar-refractivity contribution in [2.24, 2.45) is 5.92 Å². The minimum Gasteiger partial charge on any atom is -0.497 e. The van der Waals surface area contributed by atoms with Crippen molar-refractivity contribution in [3.05, 3.63) is 138 Å². The minimum atomic E-state index is -0.709. The first-order chi connectivity index (χ1) is 20.6. The van der Waals surface area contributed by atoms with E-state index in [4.69, 9.17) is 14.2 Å². The highest BCUT2D eigenvalue weighted by molar-refractivity contribution is 5.95. The Bertz CT molecular complexity index is 1520. The van der Waals surface area contributed by atoms with Crippen LogP contribution in [-0.2, 0) is 38.6 Å². The molecule has 0 amide bonds. The predicted molar refractivity (Wildman–Crippen MR) is 164 cm³/mol. The average molecular weight is 562 g/mol. The maximum atomic E-state index is 13.9. The van der Waals surface area contributed by atoms with Gasteiger partial charge < -0.3 is 19.1 Å². The molecular weight excluding hydrogens is 526 g/mol. The second kappa shape index (κ2) is 13.7. The molecule has 0 bridgehead atoms. The number of rotatable bonds is 9. The highest BCUT2D eigenvalue weighted by atomic mass is 16.5. The molecule has 0 fully saturated rings. The zero-order valence-electron chi connectivity index (χ0n) is 23.9. The van der Waals surface area contributed by atoms with Crippen molar-refractivity contribution >= 4 is 23.2 Å². The molecule has 0 aliphatic carbocycles. The number of esters is 2. The molecule has 6 nitrogen and oxygen atoms in total. The van der Waals surface area contributed by atoms with E-state index in [2.05, 4.69) is 4.90 Å². The molecule has 4 aromatic carbocycles. The van der Waals surface area contributed by atoms with Crippen molar-refractivity contribution in [3.63, 3.8) is 0 Å². The van der Waals surface area contributed by atoms with Crippen LogP contribution in [0.1, 0.15) is 29.2 Å². The van der Waals surface area contributed by atoms with E-state index in [0.29, 0.717) is 13.0 Å². The number of anilines is 1. The first kappa shape index (κ1) is 28.7. The van der Waals surface area contributed by atoms with E-state index < -0.39 is 17.9 Å². The van der Waals surface area contributed by atoms with Crippen molar-refractivity contribution < 1.29 is 23.8 Å². The Morgan fingerprint density at radius 2 is 1.45 bits per heavy atom. The number of fused-ring (bicyclic) bond motifs is 1. The monoisotopic (exact) mass is 561 g/mol. The fraction of sp³-hybridized carbons (Fsp3) is 0.222. The Balaban J connectivity index is 1.64. The molecule has 0 spiro atoms. The van der Waals surface area contributed by atoms with Crippen LogP contribution in [0.3, 0.4) is 0 Å². The maximum absolute atomic E-state index is 13.9. The van der Waals surface area contributed by atoms with Gasteiger partial charge >= 0.3 is 11.9 Å². The third kappa shape index (κ3) is 6.72. The summed E-state index contributed by atoms with van der Waals surface area (Å²) in [6.45, 7) is 2.67. The first-order valence-corrected chi connectivity index (χ1v) is 14.2. The van der Waals surface area contributed by atoms with Crippen LogP contribution >= 0.6 is 0 Å². The molecule has 0 unspecified atom stereocenters. The molecule has 6 heteroatoms. The van der Waals surface area contributed by atoms with E-state index in [1.54, 1.807) is 13.2 Å². The summed E-state index contributed by atoms with van der Waals surface area (Å²) in [6.07, 6.45) is 2.09.